The number of carbonyl (C=O) groups is 1. The third kappa shape index (κ3) is 1.74. The van der Waals surface area contributed by atoms with Crippen molar-refractivity contribution in [3.05, 3.63) is 29.8 Å². The van der Waals surface area contributed by atoms with Crippen LogP contribution in [0.4, 0.5) is 11.4 Å². The Hall–Kier alpha value is -2.74. The second kappa shape index (κ2) is 4.74. The van der Waals surface area contributed by atoms with E-state index in [0.29, 0.717) is 24.3 Å². The lowest BCUT2D eigenvalue weighted by atomic mass is 10.0. The molecule has 2 aromatic carbocycles. The fourth-order valence-electron chi connectivity index (χ4n) is 2.53. The summed E-state index contributed by atoms with van der Waals surface area (Å²) in [6.45, 7) is 0.555. The first kappa shape index (κ1) is 12.3. The number of ether oxygens (including phenoxy) is 1. The van der Waals surface area contributed by atoms with E-state index < -0.39 is 0 Å². The van der Waals surface area contributed by atoms with Crippen LogP contribution in [0.25, 0.3) is 10.8 Å². The average molecular weight is 267 g/mol. The predicted molar refractivity (Wildman–Crippen MR) is 77.2 cm³/mol. The van der Waals surface area contributed by atoms with Gasteiger partial charge in [0.05, 0.1) is 25.2 Å². The minimum atomic E-state index is -0.142. The number of rotatable bonds is 4. The molecule has 0 fully saturated rings. The van der Waals surface area contributed by atoms with Gasteiger partial charge in [-0.3, -0.25) is 4.79 Å². The SMILES string of the molecule is COc1cc(NCCC#N)c2cccc3c2c1C(=O)N3. The fourth-order valence-corrected chi connectivity index (χ4v) is 2.53. The third-order valence-corrected chi connectivity index (χ3v) is 3.37. The number of nitrogens with one attached hydrogen (secondary N) is 2. The molecule has 1 amide bonds. The van der Waals surface area contributed by atoms with Gasteiger partial charge in [-0.25, -0.2) is 0 Å². The predicted octanol–water partition coefficient (Wildman–Crippen LogP) is 2.74. The van der Waals surface area contributed by atoms with Gasteiger partial charge in [-0.15, -0.1) is 0 Å². The first-order chi connectivity index (χ1) is 9.76. The van der Waals surface area contributed by atoms with E-state index in [1.54, 1.807) is 7.11 Å². The van der Waals surface area contributed by atoms with Crippen LogP contribution in [0.2, 0.25) is 0 Å². The third-order valence-electron chi connectivity index (χ3n) is 3.37. The molecule has 0 radical (unpaired) electrons. The Morgan fingerprint density at radius 2 is 2.30 bits per heavy atom. The van der Waals surface area contributed by atoms with Crippen LogP contribution in [0.5, 0.6) is 5.75 Å². The molecular weight excluding hydrogens is 254 g/mol. The van der Waals surface area contributed by atoms with Gasteiger partial charge in [0.2, 0.25) is 0 Å². The van der Waals surface area contributed by atoms with E-state index in [4.69, 9.17) is 10.00 Å². The zero-order valence-electron chi connectivity index (χ0n) is 11.0. The maximum atomic E-state index is 12.0. The Balaban J connectivity index is 2.20. The van der Waals surface area contributed by atoms with Crippen LogP contribution in [0, 0.1) is 11.3 Å². The number of amides is 1. The molecule has 1 aliphatic heterocycles. The Morgan fingerprint density at radius 3 is 3.05 bits per heavy atom. The van der Waals surface area contributed by atoms with E-state index in [2.05, 4.69) is 16.7 Å². The Bertz CT molecular complexity index is 747. The summed E-state index contributed by atoms with van der Waals surface area (Å²) in [5, 5.41) is 16.5. The molecule has 2 aromatic rings. The van der Waals surface area contributed by atoms with Crippen molar-refractivity contribution in [1.82, 2.24) is 0 Å². The van der Waals surface area contributed by atoms with Crippen molar-refractivity contribution in [2.45, 2.75) is 6.42 Å². The van der Waals surface area contributed by atoms with Crippen LogP contribution in [0.1, 0.15) is 16.8 Å². The lowest BCUT2D eigenvalue weighted by Crippen LogP contribution is -2.07. The smallest absolute Gasteiger partial charge is 0.260 e. The average Bonchev–Trinajstić information content (AvgIpc) is 2.80. The van der Waals surface area contributed by atoms with E-state index >= 15 is 0 Å². The van der Waals surface area contributed by atoms with Crippen LogP contribution in [-0.2, 0) is 0 Å². The molecule has 5 heteroatoms. The van der Waals surface area contributed by atoms with Gasteiger partial charge in [0.1, 0.15) is 5.75 Å². The first-order valence-electron chi connectivity index (χ1n) is 6.32. The molecule has 0 spiro atoms. The minimum Gasteiger partial charge on any atom is -0.496 e. The Kier molecular flexibility index (Phi) is 2.92. The highest BCUT2D eigenvalue weighted by molar-refractivity contribution is 6.27. The minimum absolute atomic E-state index is 0.142. The zero-order valence-corrected chi connectivity index (χ0v) is 11.0. The van der Waals surface area contributed by atoms with E-state index in [1.807, 2.05) is 24.3 Å². The summed E-state index contributed by atoms with van der Waals surface area (Å²) < 4.78 is 5.33. The van der Waals surface area contributed by atoms with Gasteiger partial charge in [0, 0.05) is 34.8 Å². The lowest BCUT2D eigenvalue weighted by molar-refractivity contribution is 0.102. The van der Waals surface area contributed by atoms with E-state index in [0.717, 1.165) is 22.1 Å². The van der Waals surface area contributed by atoms with Crippen molar-refractivity contribution in [3.8, 4) is 11.8 Å². The maximum Gasteiger partial charge on any atom is 0.260 e. The number of carbonyl (C=O) groups excluding carboxylic acids is 1. The van der Waals surface area contributed by atoms with Crippen LogP contribution >= 0.6 is 0 Å². The van der Waals surface area contributed by atoms with E-state index in [9.17, 15) is 4.79 Å². The van der Waals surface area contributed by atoms with Gasteiger partial charge in [-0.05, 0) is 6.07 Å². The molecule has 1 heterocycles. The van der Waals surface area contributed by atoms with Crippen LogP contribution in [0.3, 0.4) is 0 Å². The highest BCUT2D eigenvalue weighted by atomic mass is 16.5. The number of hydrogen-bond donors (Lipinski definition) is 2. The number of benzene rings is 2. The summed E-state index contributed by atoms with van der Waals surface area (Å²) in [5.74, 6) is 0.399. The van der Waals surface area contributed by atoms with Gasteiger partial charge in [-0.2, -0.15) is 5.26 Å². The van der Waals surface area contributed by atoms with Crippen LogP contribution < -0.4 is 15.4 Å². The van der Waals surface area contributed by atoms with Gasteiger partial charge in [0.15, 0.2) is 0 Å². The zero-order chi connectivity index (χ0) is 14.1. The maximum absolute atomic E-state index is 12.0. The number of nitrogens with zero attached hydrogens (tertiary/aromatic N) is 1. The molecular formula is C15H13N3O2. The van der Waals surface area contributed by atoms with Crippen molar-refractivity contribution in [2.24, 2.45) is 0 Å². The van der Waals surface area contributed by atoms with Gasteiger partial charge >= 0.3 is 0 Å². The summed E-state index contributed by atoms with van der Waals surface area (Å²) in [4.78, 5) is 12.0. The highest BCUT2D eigenvalue weighted by Gasteiger charge is 2.27. The molecule has 0 aliphatic carbocycles. The highest BCUT2D eigenvalue weighted by Crippen LogP contribution is 2.42. The lowest BCUT2D eigenvalue weighted by Gasteiger charge is -2.12. The fraction of sp³-hybridized carbons (Fsp3) is 0.200. The van der Waals surface area contributed by atoms with Crippen molar-refractivity contribution < 1.29 is 9.53 Å². The molecule has 3 rings (SSSR count). The van der Waals surface area contributed by atoms with Crippen molar-refractivity contribution in [2.75, 3.05) is 24.3 Å². The normalized spacial score (nSPS) is 12.1. The molecule has 0 atom stereocenters. The molecule has 100 valence electrons. The van der Waals surface area contributed by atoms with Gasteiger partial charge < -0.3 is 15.4 Å². The van der Waals surface area contributed by atoms with Crippen molar-refractivity contribution >= 4 is 28.1 Å². The van der Waals surface area contributed by atoms with Crippen molar-refractivity contribution in [1.29, 1.82) is 5.26 Å². The summed E-state index contributed by atoms with van der Waals surface area (Å²) in [7, 11) is 1.55. The summed E-state index contributed by atoms with van der Waals surface area (Å²) in [6.07, 6.45) is 0.419. The topological polar surface area (TPSA) is 74.1 Å². The summed E-state index contributed by atoms with van der Waals surface area (Å²) in [6, 6.07) is 9.63. The standard InChI is InChI=1S/C15H13N3O2/c1-20-12-8-11(17-7-3-6-16)9-4-2-5-10-13(9)14(12)15(19)18-10/h2,4-5,8,17H,3,7H2,1H3,(H,18,19). The van der Waals surface area contributed by atoms with Crippen LogP contribution in [0.15, 0.2) is 24.3 Å². The molecule has 0 bridgehead atoms. The van der Waals surface area contributed by atoms with E-state index in [1.165, 1.54) is 0 Å². The molecule has 0 saturated carbocycles. The Morgan fingerprint density at radius 1 is 1.45 bits per heavy atom. The van der Waals surface area contributed by atoms with Gasteiger partial charge in [0.25, 0.3) is 5.91 Å². The van der Waals surface area contributed by atoms with Crippen LogP contribution in [-0.4, -0.2) is 19.6 Å². The first-order valence-corrected chi connectivity index (χ1v) is 6.32. The molecule has 0 saturated heterocycles. The quantitative estimate of drug-likeness (QED) is 0.835. The summed E-state index contributed by atoms with van der Waals surface area (Å²) in [5.41, 5.74) is 2.24. The largest absolute Gasteiger partial charge is 0.496 e. The Labute approximate surface area is 116 Å². The molecule has 1 aliphatic rings. The second-order valence-corrected chi connectivity index (χ2v) is 4.52. The monoisotopic (exact) mass is 267 g/mol. The number of hydrogen-bond acceptors (Lipinski definition) is 4. The second-order valence-electron chi connectivity index (χ2n) is 4.52. The number of nitriles is 1. The number of methoxy groups -OCH3 is 1. The molecule has 2 N–H and O–H groups in total. The van der Waals surface area contributed by atoms with Gasteiger partial charge in [-0.1, -0.05) is 12.1 Å². The molecule has 0 aromatic heterocycles. The molecule has 20 heavy (non-hydrogen) atoms. The summed E-state index contributed by atoms with van der Waals surface area (Å²) >= 11 is 0. The molecule has 5 nitrogen and oxygen atoms in total. The molecule has 0 unspecified atom stereocenters. The number of anilines is 2. The van der Waals surface area contributed by atoms with Crippen molar-refractivity contribution in [3.63, 3.8) is 0 Å². The van der Waals surface area contributed by atoms with E-state index in [-0.39, 0.29) is 5.91 Å².